The molecule has 1 heteroatoms. The molecule has 1 N–H and O–H groups in total. The quantitative estimate of drug-likeness (QED) is 0.735. The molecule has 0 unspecified atom stereocenters. The highest BCUT2D eigenvalue weighted by atomic mass is 14.9. The number of aryl methyl sites for hydroxylation is 1. The van der Waals surface area contributed by atoms with E-state index in [2.05, 4.69) is 64.2 Å². The number of rotatable bonds is 6. The standard InChI is InChI=1S/C17H29N/c1-14(2)11-13-18-16-8-6-15(7-9-16)10-12-17(3,4)5/h6-9,14,18H,10-13H2,1-5H3. The summed E-state index contributed by atoms with van der Waals surface area (Å²) in [4.78, 5) is 0. The smallest absolute Gasteiger partial charge is 0.0340 e. The first-order valence-electron chi connectivity index (χ1n) is 7.19. The van der Waals surface area contributed by atoms with E-state index in [9.17, 15) is 0 Å². The van der Waals surface area contributed by atoms with E-state index >= 15 is 0 Å². The number of nitrogens with one attached hydrogen (secondary N) is 1. The maximum Gasteiger partial charge on any atom is 0.0340 e. The summed E-state index contributed by atoms with van der Waals surface area (Å²) >= 11 is 0. The lowest BCUT2D eigenvalue weighted by Crippen LogP contribution is -2.07. The lowest BCUT2D eigenvalue weighted by Gasteiger charge is -2.17. The van der Waals surface area contributed by atoms with E-state index in [1.807, 2.05) is 0 Å². The van der Waals surface area contributed by atoms with E-state index in [0.29, 0.717) is 5.41 Å². The zero-order valence-corrected chi connectivity index (χ0v) is 12.7. The molecule has 0 fully saturated rings. The summed E-state index contributed by atoms with van der Waals surface area (Å²) in [7, 11) is 0. The van der Waals surface area contributed by atoms with Crippen molar-refractivity contribution in [2.24, 2.45) is 11.3 Å². The Morgan fingerprint density at radius 2 is 1.67 bits per heavy atom. The van der Waals surface area contributed by atoms with Crippen LogP contribution in [0.1, 0.15) is 53.0 Å². The van der Waals surface area contributed by atoms with Crippen molar-refractivity contribution in [3.8, 4) is 0 Å². The van der Waals surface area contributed by atoms with Gasteiger partial charge in [0.15, 0.2) is 0 Å². The van der Waals surface area contributed by atoms with Crippen LogP contribution in [0.15, 0.2) is 24.3 Å². The van der Waals surface area contributed by atoms with E-state index in [1.165, 1.54) is 30.5 Å². The van der Waals surface area contributed by atoms with Crippen molar-refractivity contribution in [1.82, 2.24) is 0 Å². The van der Waals surface area contributed by atoms with Gasteiger partial charge in [-0.3, -0.25) is 0 Å². The lowest BCUT2D eigenvalue weighted by molar-refractivity contribution is 0.378. The Labute approximate surface area is 113 Å². The van der Waals surface area contributed by atoms with Crippen LogP contribution in [-0.4, -0.2) is 6.54 Å². The van der Waals surface area contributed by atoms with Crippen molar-refractivity contribution in [2.75, 3.05) is 11.9 Å². The van der Waals surface area contributed by atoms with Crippen LogP contribution in [-0.2, 0) is 6.42 Å². The molecule has 0 aromatic heterocycles. The minimum atomic E-state index is 0.425. The zero-order chi connectivity index (χ0) is 13.6. The number of hydrogen-bond acceptors (Lipinski definition) is 1. The SMILES string of the molecule is CC(C)CCNc1ccc(CCC(C)(C)C)cc1. The third kappa shape index (κ3) is 6.68. The largest absolute Gasteiger partial charge is 0.385 e. The van der Waals surface area contributed by atoms with E-state index in [4.69, 9.17) is 0 Å². The Balaban J connectivity index is 2.38. The molecular weight excluding hydrogens is 218 g/mol. The molecule has 0 saturated carbocycles. The normalized spacial score (nSPS) is 11.9. The van der Waals surface area contributed by atoms with Gasteiger partial charge in [0.05, 0.1) is 0 Å². The molecule has 0 radical (unpaired) electrons. The van der Waals surface area contributed by atoms with Crippen LogP contribution in [0.3, 0.4) is 0 Å². The summed E-state index contributed by atoms with van der Waals surface area (Å²) in [5.74, 6) is 0.767. The lowest BCUT2D eigenvalue weighted by atomic mass is 9.89. The Hall–Kier alpha value is -0.980. The zero-order valence-electron chi connectivity index (χ0n) is 12.7. The van der Waals surface area contributed by atoms with Crippen molar-refractivity contribution < 1.29 is 0 Å². The van der Waals surface area contributed by atoms with Crippen LogP contribution in [0.4, 0.5) is 5.69 Å². The second kappa shape index (κ2) is 6.82. The van der Waals surface area contributed by atoms with Gasteiger partial charge in [-0.2, -0.15) is 0 Å². The van der Waals surface area contributed by atoms with E-state index in [0.717, 1.165) is 12.5 Å². The molecule has 0 heterocycles. The summed E-state index contributed by atoms with van der Waals surface area (Å²) in [5.41, 5.74) is 3.11. The molecule has 0 saturated heterocycles. The van der Waals surface area contributed by atoms with Gasteiger partial charge in [0.1, 0.15) is 0 Å². The molecule has 1 aromatic carbocycles. The van der Waals surface area contributed by atoms with Gasteiger partial charge < -0.3 is 5.32 Å². The molecule has 0 atom stereocenters. The molecule has 0 bridgehead atoms. The summed E-state index contributed by atoms with van der Waals surface area (Å²) < 4.78 is 0. The topological polar surface area (TPSA) is 12.0 Å². The van der Waals surface area contributed by atoms with E-state index in [-0.39, 0.29) is 0 Å². The maximum absolute atomic E-state index is 3.48. The monoisotopic (exact) mass is 247 g/mol. The fourth-order valence-electron chi connectivity index (χ4n) is 1.81. The Morgan fingerprint density at radius 1 is 1.06 bits per heavy atom. The predicted molar refractivity (Wildman–Crippen MR) is 82.2 cm³/mol. The van der Waals surface area contributed by atoms with Crippen LogP contribution in [0.2, 0.25) is 0 Å². The summed E-state index contributed by atoms with van der Waals surface area (Å²) in [6, 6.07) is 8.92. The fourth-order valence-corrected chi connectivity index (χ4v) is 1.81. The highest BCUT2D eigenvalue weighted by Crippen LogP contribution is 2.22. The van der Waals surface area contributed by atoms with Crippen LogP contribution in [0.5, 0.6) is 0 Å². The van der Waals surface area contributed by atoms with Gasteiger partial charge in [0, 0.05) is 12.2 Å². The Kier molecular flexibility index (Phi) is 5.71. The second-order valence-corrected chi connectivity index (χ2v) is 6.87. The highest BCUT2D eigenvalue weighted by Gasteiger charge is 2.09. The van der Waals surface area contributed by atoms with Gasteiger partial charge in [-0.1, -0.05) is 46.8 Å². The molecule has 0 amide bonds. The van der Waals surface area contributed by atoms with Gasteiger partial charge in [-0.25, -0.2) is 0 Å². The highest BCUT2D eigenvalue weighted by molar-refractivity contribution is 5.44. The van der Waals surface area contributed by atoms with Gasteiger partial charge in [-0.15, -0.1) is 0 Å². The predicted octanol–water partition coefficient (Wildman–Crippen LogP) is 5.12. The van der Waals surface area contributed by atoms with Gasteiger partial charge in [0.25, 0.3) is 0 Å². The first-order valence-corrected chi connectivity index (χ1v) is 7.19. The molecule has 18 heavy (non-hydrogen) atoms. The van der Waals surface area contributed by atoms with Crippen molar-refractivity contribution in [1.29, 1.82) is 0 Å². The van der Waals surface area contributed by atoms with Crippen LogP contribution < -0.4 is 5.32 Å². The Morgan fingerprint density at radius 3 is 2.17 bits per heavy atom. The number of hydrogen-bond donors (Lipinski definition) is 1. The maximum atomic E-state index is 3.48. The fraction of sp³-hybridized carbons (Fsp3) is 0.647. The molecule has 1 aromatic rings. The van der Waals surface area contributed by atoms with Crippen molar-refractivity contribution in [2.45, 2.75) is 53.9 Å². The molecule has 0 aliphatic carbocycles. The summed E-state index contributed by atoms with van der Waals surface area (Å²) in [5, 5.41) is 3.48. The minimum Gasteiger partial charge on any atom is -0.385 e. The first kappa shape index (κ1) is 15.1. The average Bonchev–Trinajstić information content (AvgIpc) is 2.26. The first-order chi connectivity index (χ1) is 8.37. The van der Waals surface area contributed by atoms with Crippen molar-refractivity contribution in [3.05, 3.63) is 29.8 Å². The summed E-state index contributed by atoms with van der Waals surface area (Å²) in [6.45, 7) is 12.5. The van der Waals surface area contributed by atoms with Gasteiger partial charge in [0.2, 0.25) is 0 Å². The van der Waals surface area contributed by atoms with Crippen LogP contribution in [0.25, 0.3) is 0 Å². The van der Waals surface area contributed by atoms with Crippen molar-refractivity contribution >= 4 is 5.69 Å². The number of anilines is 1. The average molecular weight is 247 g/mol. The molecule has 0 aliphatic rings. The van der Waals surface area contributed by atoms with E-state index in [1.54, 1.807) is 0 Å². The molecule has 0 aliphatic heterocycles. The summed E-state index contributed by atoms with van der Waals surface area (Å²) in [6.07, 6.45) is 3.65. The Bertz CT molecular complexity index is 330. The number of benzene rings is 1. The molecule has 1 rings (SSSR count). The minimum absolute atomic E-state index is 0.425. The molecule has 102 valence electrons. The van der Waals surface area contributed by atoms with Crippen LogP contribution >= 0.6 is 0 Å². The third-order valence-corrected chi connectivity index (χ3v) is 3.17. The third-order valence-electron chi connectivity index (χ3n) is 3.17. The van der Waals surface area contributed by atoms with Gasteiger partial charge in [-0.05, 0) is 48.3 Å². The van der Waals surface area contributed by atoms with Crippen LogP contribution in [0, 0.1) is 11.3 Å². The van der Waals surface area contributed by atoms with Gasteiger partial charge >= 0.3 is 0 Å². The molecule has 1 nitrogen and oxygen atoms in total. The second-order valence-electron chi connectivity index (χ2n) is 6.87. The molecular formula is C17H29N. The van der Waals surface area contributed by atoms with Crippen molar-refractivity contribution in [3.63, 3.8) is 0 Å². The van der Waals surface area contributed by atoms with E-state index < -0.39 is 0 Å². The molecule has 0 spiro atoms.